The van der Waals surface area contributed by atoms with E-state index in [1.165, 1.54) is 19.3 Å². The molecule has 1 aromatic rings. The van der Waals surface area contributed by atoms with Crippen LogP contribution in [0.15, 0.2) is 18.3 Å². The van der Waals surface area contributed by atoms with E-state index < -0.39 is 0 Å². The lowest BCUT2D eigenvalue weighted by molar-refractivity contribution is 0.0639. The van der Waals surface area contributed by atoms with Gasteiger partial charge >= 0.3 is 0 Å². The zero-order chi connectivity index (χ0) is 14.5. The Hall–Kier alpha value is -1.25. The second kappa shape index (κ2) is 6.96. The Bertz CT molecular complexity index is 402. The predicted molar refractivity (Wildman–Crippen MR) is 81.2 cm³/mol. The Morgan fingerprint density at radius 2 is 2.10 bits per heavy atom. The molecule has 3 atom stereocenters. The van der Waals surface area contributed by atoms with Gasteiger partial charge in [0.1, 0.15) is 11.9 Å². The van der Waals surface area contributed by atoms with E-state index in [0.29, 0.717) is 12.0 Å². The Morgan fingerprint density at radius 3 is 2.70 bits per heavy atom. The van der Waals surface area contributed by atoms with Crippen molar-refractivity contribution >= 4 is 0 Å². The smallest absolute Gasteiger partial charge is 0.213 e. The molecule has 1 aliphatic rings. The second-order valence-corrected chi connectivity index (χ2v) is 6.24. The van der Waals surface area contributed by atoms with Crippen LogP contribution in [0, 0.1) is 11.8 Å². The minimum atomic E-state index is 0.173. The normalized spacial score (nSPS) is 26.6. The predicted octanol–water partition coefficient (Wildman–Crippen LogP) is 4.46. The van der Waals surface area contributed by atoms with E-state index >= 15 is 0 Å². The standard InChI is InChI=1S/C17H27NO2/c1-5-14-7-6-13(4)10-16(14)20-17-9-8-15(11-18-17)19-12(2)3/h8-9,11-14,16H,5-7,10H2,1-4H3/t13-,14+,16+/m0/s1. The van der Waals surface area contributed by atoms with Crippen molar-refractivity contribution in [2.45, 2.75) is 65.6 Å². The largest absolute Gasteiger partial charge is 0.489 e. The quantitative estimate of drug-likeness (QED) is 0.796. The molecule has 0 N–H and O–H groups in total. The van der Waals surface area contributed by atoms with Gasteiger partial charge in [0.05, 0.1) is 12.3 Å². The first-order valence-corrected chi connectivity index (χ1v) is 7.87. The van der Waals surface area contributed by atoms with E-state index in [1.54, 1.807) is 6.20 Å². The van der Waals surface area contributed by atoms with Gasteiger partial charge in [-0.3, -0.25) is 0 Å². The Morgan fingerprint density at radius 1 is 1.30 bits per heavy atom. The zero-order valence-electron chi connectivity index (χ0n) is 13.1. The molecule has 0 saturated heterocycles. The number of pyridine rings is 1. The maximum atomic E-state index is 6.12. The topological polar surface area (TPSA) is 31.4 Å². The third-order valence-corrected chi connectivity index (χ3v) is 4.07. The molecule has 0 amide bonds. The van der Waals surface area contributed by atoms with Gasteiger partial charge in [-0.05, 0) is 51.0 Å². The van der Waals surface area contributed by atoms with Gasteiger partial charge in [-0.2, -0.15) is 0 Å². The third kappa shape index (κ3) is 4.12. The summed E-state index contributed by atoms with van der Waals surface area (Å²) in [6.07, 6.45) is 7.17. The summed E-state index contributed by atoms with van der Waals surface area (Å²) in [5, 5.41) is 0. The highest BCUT2D eigenvalue weighted by molar-refractivity contribution is 5.23. The lowest BCUT2D eigenvalue weighted by Crippen LogP contribution is -2.33. The average Bonchev–Trinajstić information content (AvgIpc) is 2.41. The molecule has 3 nitrogen and oxygen atoms in total. The van der Waals surface area contributed by atoms with Crippen LogP contribution in [0.2, 0.25) is 0 Å². The fourth-order valence-electron chi connectivity index (χ4n) is 2.94. The molecule has 1 fully saturated rings. The molecule has 20 heavy (non-hydrogen) atoms. The van der Waals surface area contributed by atoms with Crippen LogP contribution in [0.1, 0.15) is 53.4 Å². The highest BCUT2D eigenvalue weighted by Crippen LogP contribution is 2.33. The number of aromatic nitrogens is 1. The summed E-state index contributed by atoms with van der Waals surface area (Å²) in [4.78, 5) is 4.37. The molecule has 1 heterocycles. The molecule has 0 radical (unpaired) electrons. The third-order valence-electron chi connectivity index (χ3n) is 4.07. The minimum absolute atomic E-state index is 0.173. The molecule has 0 bridgehead atoms. The second-order valence-electron chi connectivity index (χ2n) is 6.24. The lowest BCUT2D eigenvalue weighted by atomic mass is 9.79. The molecule has 1 aromatic heterocycles. The van der Waals surface area contributed by atoms with E-state index in [1.807, 2.05) is 26.0 Å². The Kier molecular flexibility index (Phi) is 5.27. The molecule has 1 saturated carbocycles. The summed E-state index contributed by atoms with van der Waals surface area (Å²) in [6.45, 7) is 8.60. The molecule has 112 valence electrons. The fourth-order valence-corrected chi connectivity index (χ4v) is 2.94. The van der Waals surface area contributed by atoms with Crippen molar-refractivity contribution in [2.24, 2.45) is 11.8 Å². The molecule has 0 aliphatic heterocycles. The minimum Gasteiger partial charge on any atom is -0.489 e. The van der Waals surface area contributed by atoms with Crippen LogP contribution in [0.25, 0.3) is 0 Å². The van der Waals surface area contributed by atoms with Gasteiger partial charge in [0, 0.05) is 6.07 Å². The van der Waals surface area contributed by atoms with Crippen molar-refractivity contribution in [3.05, 3.63) is 18.3 Å². The number of rotatable bonds is 5. The van der Waals surface area contributed by atoms with E-state index in [9.17, 15) is 0 Å². The van der Waals surface area contributed by atoms with Crippen molar-refractivity contribution in [1.82, 2.24) is 4.98 Å². The highest BCUT2D eigenvalue weighted by atomic mass is 16.5. The molecule has 0 unspecified atom stereocenters. The highest BCUT2D eigenvalue weighted by Gasteiger charge is 2.29. The van der Waals surface area contributed by atoms with Gasteiger partial charge in [-0.15, -0.1) is 0 Å². The number of ether oxygens (including phenoxy) is 2. The zero-order valence-corrected chi connectivity index (χ0v) is 13.1. The monoisotopic (exact) mass is 277 g/mol. The summed E-state index contributed by atoms with van der Waals surface area (Å²) in [6, 6.07) is 3.86. The van der Waals surface area contributed by atoms with Gasteiger partial charge in [-0.1, -0.05) is 20.3 Å². The summed E-state index contributed by atoms with van der Waals surface area (Å²) in [7, 11) is 0. The number of nitrogens with zero attached hydrogens (tertiary/aromatic N) is 1. The maximum Gasteiger partial charge on any atom is 0.213 e. The molecule has 2 rings (SSSR count). The van der Waals surface area contributed by atoms with Crippen molar-refractivity contribution in [1.29, 1.82) is 0 Å². The van der Waals surface area contributed by atoms with Crippen LogP contribution in [-0.4, -0.2) is 17.2 Å². The van der Waals surface area contributed by atoms with E-state index in [0.717, 1.165) is 24.0 Å². The van der Waals surface area contributed by atoms with Crippen LogP contribution in [0.4, 0.5) is 0 Å². The van der Waals surface area contributed by atoms with Gasteiger partial charge in [0.2, 0.25) is 5.88 Å². The number of hydrogen-bond donors (Lipinski definition) is 0. The summed E-state index contributed by atoms with van der Waals surface area (Å²) in [5.41, 5.74) is 0. The van der Waals surface area contributed by atoms with E-state index in [4.69, 9.17) is 9.47 Å². The molecule has 1 aliphatic carbocycles. The van der Waals surface area contributed by atoms with Crippen LogP contribution < -0.4 is 9.47 Å². The summed E-state index contributed by atoms with van der Waals surface area (Å²) in [5.74, 6) is 2.95. The molecular formula is C17H27NO2. The van der Waals surface area contributed by atoms with Gasteiger partial charge in [-0.25, -0.2) is 4.98 Å². The molecular weight excluding hydrogens is 250 g/mol. The van der Waals surface area contributed by atoms with Crippen LogP contribution in [0.5, 0.6) is 11.6 Å². The molecule has 0 spiro atoms. The van der Waals surface area contributed by atoms with Gasteiger partial charge < -0.3 is 9.47 Å². The van der Waals surface area contributed by atoms with Crippen molar-refractivity contribution < 1.29 is 9.47 Å². The van der Waals surface area contributed by atoms with E-state index in [2.05, 4.69) is 18.8 Å². The van der Waals surface area contributed by atoms with Crippen LogP contribution >= 0.6 is 0 Å². The Balaban J connectivity index is 1.97. The lowest BCUT2D eigenvalue weighted by Gasteiger charge is -2.34. The number of hydrogen-bond acceptors (Lipinski definition) is 3. The fraction of sp³-hybridized carbons (Fsp3) is 0.706. The average molecular weight is 277 g/mol. The van der Waals surface area contributed by atoms with Gasteiger partial charge in [0.25, 0.3) is 0 Å². The molecule has 3 heteroatoms. The first kappa shape index (κ1) is 15.1. The van der Waals surface area contributed by atoms with E-state index in [-0.39, 0.29) is 6.10 Å². The SMILES string of the molecule is CC[C@@H]1CC[C@H](C)C[C@H]1Oc1ccc(OC(C)C)cn1. The summed E-state index contributed by atoms with van der Waals surface area (Å²) >= 11 is 0. The summed E-state index contributed by atoms with van der Waals surface area (Å²) < 4.78 is 11.7. The van der Waals surface area contributed by atoms with Crippen LogP contribution in [-0.2, 0) is 0 Å². The first-order valence-electron chi connectivity index (χ1n) is 7.87. The first-order chi connectivity index (χ1) is 9.58. The maximum absolute atomic E-state index is 6.12. The van der Waals surface area contributed by atoms with Crippen molar-refractivity contribution in [2.75, 3.05) is 0 Å². The van der Waals surface area contributed by atoms with Crippen molar-refractivity contribution in [3.63, 3.8) is 0 Å². The van der Waals surface area contributed by atoms with Crippen LogP contribution in [0.3, 0.4) is 0 Å². The van der Waals surface area contributed by atoms with Gasteiger partial charge in [0.15, 0.2) is 0 Å². The Labute approximate surface area is 122 Å². The molecule has 0 aromatic carbocycles. The van der Waals surface area contributed by atoms with Crippen molar-refractivity contribution in [3.8, 4) is 11.6 Å².